The summed E-state index contributed by atoms with van der Waals surface area (Å²) in [7, 11) is 0. The number of carbonyl (C=O) groups excluding carboxylic acids is 3. The lowest BCUT2D eigenvalue weighted by Gasteiger charge is -2.28. The van der Waals surface area contributed by atoms with Gasteiger partial charge in [-0.15, -0.1) is 0 Å². The minimum Gasteiger partial charge on any atom is -0.458 e. The number of anilines is 1. The first-order chi connectivity index (χ1) is 9.63. The Morgan fingerprint density at radius 2 is 1.86 bits per heavy atom. The molecule has 5 heteroatoms. The van der Waals surface area contributed by atoms with Crippen LogP contribution in [0.1, 0.15) is 43.6 Å². The number of para-hydroxylation sites is 1. The lowest BCUT2D eigenvalue weighted by molar-refractivity contribution is -0.156. The molecule has 0 N–H and O–H groups in total. The van der Waals surface area contributed by atoms with Gasteiger partial charge in [0.1, 0.15) is 11.6 Å². The minimum atomic E-state index is -0.844. The van der Waals surface area contributed by atoms with Crippen LogP contribution in [0.25, 0.3) is 0 Å². The van der Waals surface area contributed by atoms with Crippen LogP contribution >= 0.6 is 0 Å². The molecule has 2 rings (SSSR count). The molecule has 1 aromatic carbocycles. The van der Waals surface area contributed by atoms with Crippen molar-refractivity contribution < 1.29 is 19.1 Å². The molecule has 1 aromatic rings. The van der Waals surface area contributed by atoms with Gasteiger partial charge in [0.25, 0.3) is 11.7 Å². The number of benzene rings is 1. The summed E-state index contributed by atoms with van der Waals surface area (Å²) in [6.45, 7) is 8.65. The minimum absolute atomic E-state index is 0.343. The van der Waals surface area contributed by atoms with E-state index in [2.05, 4.69) is 0 Å². The number of esters is 1. The van der Waals surface area contributed by atoms with Crippen LogP contribution < -0.4 is 4.90 Å². The number of aryl methyl sites for hydroxylation is 1. The molecule has 1 aliphatic heterocycles. The first-order valence-electron chi connectivity index (χ1n) is 6.84. The highest BCUT2D eigenvalue weighted by atomic mass is 16.6. The Labute approximate surface area is 123 Å². The highest BCUT2D eigenvalue weighted by molar-refractivity contribution is 6.53. The summed E-state index contributed by atoms with van der Waals surface area (Å²) in [5.74, 6) is -1.79. The average molecular weight is 289 g/mol. The Bertz CT molecular complexity index is 628. The van der Waals surface area contributed by atoms with Gasteiger partial charge in [-0.1, -0.05) is 12.1 Å². The number of rotatable bonds is 2. The standard InChI is InChI=1S/C16H19NO4/c1-9-7-6-8-11-12(9)17(14(19)13(11)18)10(2)15(20)21-16(3,4)5/h6-8,10H,1-5H3. The Kier molecular flexibility index (Phi) is 3.61. The maximum absolute atomic E-state index is 12.2. The Hall–Kier alpha value is -2.17. The molecule has 21 heavy (non-hydrogen) atoms. The third-order valence-electron chi connectivity index (χ3n) is 3.27. The number of hydrogen-bond donors (Lipinski definition) is 0. The van der Waals surface area contributed by atoms with Gasteiger partial charge in [-0.3, -0.25) is 14.5 Å². The van der Waals surface area contributed by atoms with Crippen LogP contribution in [0.4, 0.5) is 5.69 Å². The summed E-state index contributed by atoms with van der Waals surface area (Å²) in [4.78, 5) is 37.7. The fraction of sp³-hybridized carbons (Fsp3) is 0.438. The van der Waals surface area contributed by atoms with E-state index < -0.39 is 29.3 Å². The maximum Gasteiger partial charge on any atom is 0.329 e. The molecule has 1 aliphatic rings. The number of carbonyl (C=O) groups is 3. The number of ketones is 1. The summed E-state index contributed by atoms with van der Waals surface area (Å²) in [6.07, 6.45) is 0. The summed E-state index contributed by atoms with van der Waals surface area (Å²) >= 11 is 0. The van der Waals surface area contributed by atoms with Gasteiger partial charge in [0.15, 0.2) is 0 Å². The second-order valence-electron chi connectivity index (χ2n) is 6.18. The molecule has 0 saturated carbocycles. The molecule has 1 atom stereocenters. The van der Waals surface area contributed by atoms with Gasteiger partial charge < -0.3 is 4.74 Å². The van der Waals surface area contributed by atoms with E-state index in [1.54, 1.807) is 52.8 Å². The van der Waals surface area contributed by atoms with Gasteiger partial charge in [-0.2, -0.15) is 0 Å². The zero-order chi connectivity index (χ0) is 15.9. The van der Waals surface area contributed by atoms with E-state index in [1.807, 2.05) is 0 Å². The lowest BCUT2D eigenvalue weighted by Crippen LogP contribution is -2.45. The molecule has 0 radical (unpaired) electrons. The zero-order valence-electron chi connectivity index (χ0n) is 12.9. The number of hydrogen-bond acceptors (Lipinski definition) is 4. The molecule has 1 amide bonds. The van der Waals surface area contributed by atoms with Crippen molar-refractivity contribution >= 4 is 23.3 Å². The third-order valence-corrected chi connectivity index (χ3v) is 3.27. The predicted octanol–water partition coefficient (Wildman–Crippen LogP) is 2.25. The van der Waals surface area contributed by atoms with E-state index in [9.17, 15) is 14.4 Å². The number of amides is 1. The van der Waals surface area contributed by atoms with E-state index in [1.165, 1.54) is 4.90 Å². The molecule has 5 nitrogen and oxygen atoms in total. The fourth-order valence-electron chi connectivity index (χ4n) is 2.35. The van der Waals surface area contributed by atoms with Crippen LogP contribution in [-0.2, 0) is 14.3 Å². The first kappa shape index (κ1) is 15.2. The van der Waals surface area contributed by atoms with Gasteiger partial charge in [-0.05, 0) is 46.2 Å². The monoisotopic (exact) mass is 289 g/mol. The van der Waals surface area contributed by atoms with E-state index in [0.717, 1.165) is 5.56 Å². The largest absolute Gasteiger partial charge is 0.458 e. The lowest BCUT2D eigenvalue weighted by atomic mass is 10.1. The Morgan fingerprint density at radius 1 is 1.24 bits per heavy atom. The van der Waals surface area contributed by atoms with Crippen LogP contribution in [0.15, 0.2) is 18.2 Å². The van der Waals surface area contributed by atoms with E-state index >= 15 is 0 Å². The molecule has 0 bridgehead atoms. The second-order valence-corrected chi connectivity index (χ2v) is 6.18. The molecule has 1 heterocycles. The first-order valence-corrected chi connectivity index (χ1v) is 6.84. The highest BCUT2D eigenvalue weighted by Crippen LogP contribution is 2.34. The van der Waals surface area contributed by atoms with Crippen molar-refractivity contribution in [2.75, 3.05) is 4.90 Å². The van der Waals surface area contributed by atoms with Crippen LogP contribution in [0.2, 0.25) is 0 Å². The summed E-state index contributed by atoms with van der Waals surface area (Å²) in [5, 5.41) is 0. The van der Waals surface area contributed by atoms with Crippen LogP contribution in [0.3, 0.4) is 0 Å². The van der Waals surface area contributed by atoms with Crippen LogP contribution in [-0.4, -0.2) is 29.3 Å². The molecule has 1 unspecified atom stereocenters. The number of Topliss-reactive ketones (excluding diaryl/α,β-unsaturated/α-hetero) is 1. The van der Waals surface area contributed by atoms with Gasteiger partial charge in [0.05, 0.1) is 11.3 Å². The molecule has 0 spiro atoms. The van der Waals surface area contributed by atoms with Crippen molar-refractivity contribution in [2.45, 2.75) is 46.3 Å². The SMILES string of the molecule is Cc1cccc2c1N(C(C)C(=O)OC(C)(C)C)C(=O)C2=O. The van der Waals surface area contributed by atoms with Gasteiger partial charge in [-0.25, -0.2) is 4.79 Å². The summed E-state index contributed by atoms with van der Waals surface area (Å²) < 4.78 is 5.31. The zero-order valence-corrected chi connectivity index (χ0v) is 12.9. The van der Waals surface area contributed by atoms with Crippen molar-refractivity contribution in [2.24, 2.45) is 0 Å². The summed E-state index contributed by atoms with van der Waals surface area (Å²) in [6, 6.07) is 4.29. The van der Waals surface area contributed by atoms with Crippen LogP contribution in [0, 0.1) is 6.92 Å². The van der Waals surface area contributed by atoms with Gasteiger partial charge in [0.2, 0.25) is 0 Å². The number of nitrogens with zero attached hydrogens (tertiary/aromatic N) is 1. The molecule has 112 valence electrons. The highest BCUT2D eigenvalue weighted by Gasteiger charge is 2.42. The van der Waals surface area contributed by atoms with Crippen molar-refractivity contribution in [3.05, 3.63) is 29.3 Å². The van der Waals surface area contributed by atoms with Crippen molar-refractivity contribution in [1.82, 2.24) is 0 Å². The van der Waals surface area contributed by atoms with E-state index in [4.69, 9.17) is 4.74 Å². The topological polar surface area (TPSA) is 63.7 Å². The van der Waals surface area contributed by atoms with Crippen molar-refractivity contribution in [1.29, 1.82) is 0 Å². The molecular formula is C16H19NO4. The summed E-state index contributed by atoms with van der Waals surface area (Å²) in [5.41, 5.74) is 0.982. The van der Waals surface area contributed by atoms with E-state index in [0.29, 0.717) is 11.3 Å². The van der Waals surface area contributed by atoms with Gasteiger partial charge >= 0.3 is 5.97 Å². The van der Waals surface area contributed by atoms with E-state index in [-0.39, 0.29) is 0 Å². The van der Waals surface area contributed by atoms with Gasteiger partial charge in [0, 0.05) is 0 Å². The van der Waals surface area contributed by atoms with Crippen LogP contribution in [0.5, 0.6) is 0 Å². The maximum atomic E-state index is 12.2. The molecule has 0 saturated heterocycles. The smallest absolute Gasteiger partial charge is 0.329 e. The average Bonchev–Trinajstić information content (AvgIpc) is 2.61. The Balaban J connectivity index is 2.40. The number of ether oxygens (including phenoxy) is 1. The Morgan fingerprint density at radius 3 is 2.43 bits per heavy atom. The molecule has 0 fully saturated rings. The number of fused-ring (bicyclic) bond motifs is 1. The normalized spacial score (nSPS) is 16.0. The fourth-order valence-corrected chi connectivity index (χ4v) is 2.35. The van der Waals surface area contributed by atoms with Crippen molar-refractivity contribution in [3.8, 4) is 0 Å². The third kappa shape index (κ3) is 2.68. The van der Waals surface area contributed by atoms with Crippen molar-refractivity contribution in [3.63, 3.8) is 0 Å². The quantitative estimate of drug-likeness (QED) is 0.619. The second kappa shape index (κ2) is 4.98. The predicted molar refractivity (Wildman–Crippen MR) is 78.3 cm³/mol. The molecular weight excluding hydrogens is 270 g/mol. The molecule has 0 aliphatic carbocycles. The molecule has 0 aromatic heterocycles.